The molecule has 29 nitrogen and oxygen atoms in total. The first-order chi connectivity index (χ1) is 31.5. The number of carbonyl (C=O) groups excluding carboxylic acids is 1. The second-order valence-electron chi connectivity index (χ2n) is 16.4. The van der Waals surface area contributed by atoms with Gasteiger partial charge in [-0.15, -0.1) is 0 Å². The van der Waals surface area contributed by atoms with E-state index in [1.54, 1.807) is 0 Å². The average Bonchev–Trinajstić information content (AvgIpc) is 3.30. The number of aliphatic hydroxyl groups excluding tert-OH is 16. The van der Waals surface area contributed by atoms with E-state index in [9.17, 15) is 86.5 Å². The van der Waals surface area contributed by atoms with Crippen LogP contribution in [0.3, 0.4) is 0 Å². The summed E-state index contributed by atoms with van der Waals surface area (Å²) in [6.07, 6.45) is -46.3. The number of aliphatic hydroxyl groups is 16. The van der Waals surface area contributed by atoms with Crippen LogP contribution in [0.15, 0.2) is 0 Å². The van der Waals surface area contributed by atoms with Gasteiger partial charge in [-0.2, -0.15) is 0 Å². The molecule has 19 N–H and O–H groups in total. The molecule has 0 spiro atoms. The van der Waals surface area contributed by atoms with Crippen molar-refractivity contribution in [1.82, 2.24) is 5.32 Å². The molecule has 0 aliphatic carbocycles. The lowest BCUT2D eigenvalue weighted by Crippen LogP contribution is -2.68. The summed E-state index contributed by atoms with van der Waals surface area (Å²) in [4.78, 5) is 12.1. The Balaban J connectivity index is 1.36. The van der Waals surface area contributed by atoms with E-state index < -0.39 is 187 Å². The smallest absolute Gasteiger partial charge is 0.220 e. The molecule has 5 aliphatic heterocycles. The number of carbonyl (C=O) groups is 1. The van der Waals surface area contributed by atoms with Crippen LogP contribution in [0.25, 0.3) is 0 Å². The molecule has 0 aromatic carbocycles. The molecule has 0 saturated carbocycles. The first kappa shape index (κ1) is 55.3. The number of hydrogen-bond acceptors (Lipinski definition) is 28. The zero-order valence-corrected chi connectivity index (χ0v) is 35.4. The predicted molar refractivity (Wildman–Crippen MR) is 206 cm³/mol. The van der Waals surface area contributed by atoms with E-state index in [0.29, 0.717) is 19.4 Å². The fraction of sp³-hybridized carbons (Fsp3) is 0.973. The predicted octanol–water partition coefficient (Wildman–Crippen LogP) is -11.7. The molecule has 1 amide bonds. The van der Waals surface area contributed by atoms with Crippen LogP contribution in [-0.2, 0) is 52.2 Å². The molecule has 5 heterocycles. The lowest BCUT2D eigenvalue weighted by molar-refractivity contribution is -0.407. The van der Waals surface area contributed by atoms with Crippen LogP contribution in [0.1, 0.15) is 19.3 Å². The Labute approximate surface area is 376 Å². The molecular weight excluding hydrogens is 904 g/mol. The van der Waals surface area contributed by atoms with E-state index >= 15 is 0 Å². The van der Waals surface area contributed by atoms with E-state index in [-0.39, 0.29) is 25.5 Å². The highest BCUT2D eigenvalue weighted by Crippen LogP contribution is 2.36. The molecule has 5 fully saturated rings. The number of amides is 1. The number of nitrogens with two attached hydrogens (primary N) is 1. The van der Waals surface area contributed by atoms with Gasteiger partial charge in [0, 0.05) is 13.0 Å². The maximum Gasteiger partial charge on any atom is 0.220 e. The zero-order valence-electron chi connectivity index (χ0n) is 35.4. The summed E-state index contributed by atoms with van der Waals surface area (Å²) >= 11 is 0. The number of hydrogen-bond donors (Lipinski definition) is 18. The molecule has 5 saturated heterocycles. The summed E-state index contributed by atoms with van der Waals surface area (Å²) in [7, 11) is 0. The summed E-state index contributed by atoms with van der Waals surface area (Å²) in [5.41, 5.74) is 5.45. The quantitative estimate of drug-likeness (QED) is 0.0475. The van der Waals surface area contributed by atoms with Gasteiger partial charge in [-0.25, -0.2) is 0 Å². The van der Waals surface area contributed by atoms with Gasteiger partial charge in [-0.05, 0) is 19.4 Å². The van der Waals surface area contributed by atoms with Gasteiger partial charge in [0.1, 0.15) is 122 Å². The van der Waals surface area contributed by atoms with E-state index in [1.165, 1.54) is 0 Å². The minimum Gasteiger partial charge on any atom is -0.394 e. The van der Waals surface area contributed by atoms with Crippen LogP contribution < -0.4 is 11.1 Å². The fourth-order valence-electron chi connectivity index (χ4n) is 7.98. The van der Waals surface area contributed by atoms with Gasteiger partial charge in [0.2, 0.25) is 5.91 Å². The normalized spacial score (nSPS) is 46.8. The molecular formula is C37H66N2O27. The monoisotopic (exact) mass is 970 g/mol. The Morgan fingerprint density at radius 1 is 0.424 bits per heavy atom. The van der Waals surface area contributed by atoms with Crippen LogP contribution >= 0.6 is 0 Å². The largest absolute Gasteiger partial charge is 0.394 e. The van der Waals surface area contributed by atoms with E-state index in [2.05, 4.69) is 5.32 Å². The van der Waals surface area contributed by atoms with Crippen molar-refractivity contribution in [1.29, 1.82) is 0 Å². The Morgan fingerprint density at radius 2 is 0.788 bits per heavy atom. The molecule has 0 aromatic heterocycles. The lowest BCUT2D eigenvalue weighted by Gasteiger charge is -2.50. The molecule has 5 aliphatic rings. The average molecular weight is 971 g/mol. The van der Waals surface area contributed by atoms with Gasteiger partial charge < -0.3 is 140 Å². The Bertz CT molecular complexity index is 1450. The zero-order chi connectivity index (χ0) is 48.6. The first-order valence-electron chi connectivity index (χ1n) is 21.5. The van der Waals surface area contributed by atoms with Crippen LogP contribution in [0.2, 0.25) is 0 Å². The summed E-state index contributed by atoms with van der Waals surface area (Å²) in [5, 5.41) is 173. The molecule has 25 atom stereocenters. The highest BCUT2D eigenvalue weighted by Gasteiger charge is 2.57. The highest BCUT2D eigenvalue weighted by molar-refractivity contribution is 5.75. The van der Waals surface area contributed by atoms with E-state index in [0.717, 1.165) is 0 Å². The van der Waals surface area contributed by atoms with Crippen molar-refractivity contribution in [2.45, 2.75) is 173 Å². The van der Waals surface area contributed by atoms with E-state index in [4.69, 9.17) is 53.1 Å². The molecule has 10 unspecified atom stereocenters. The van der Waals surface area contributed by atoms with Crippen molar-refractivity contribution in [2.24, 2.45) is 5.73 Å². The summed E-state index contributed by atoms with van der Waals surface area (Å²) in [5.74, 6) is -0.293. The maximum absolute atomic E-state index is 12.1. The number of ether oxygens (including phenoxy) is 10. The molecule has 5 rings (SSSR count). The van der Waals surface area contributed by atoms with Crippen LogP contribution in [0.5, 0.6) is 0 Å². The van der Waals surface area contributed by atoms with Crippen LogP contribution in [-0.4, -0.2) is 294 Å². The lowest BCUT2D eigenvalue weighted by atomic mass is 9.95. The molecule has 386 valence electrons. The van der Waals surface area contributed by atoms with Crippen molar-refractivity contribution in [2.75, 3.05) is 52.7 Å². The topological polar surface area (TPSA) is 471 Å². The minimum atomic E-state index is -2.18. The third-order valence-corrected chi connectivity index (χ3v) is 11.9. The second-order valence-corrected chi connectivity index (χ2v) is 16.4. The molecule has 0 bridgehead atoms. The summed E-state index contributed by atoms with van der Waals surface area (Å²) < 4.78 is 56.6. The number of unbranched alkanes of at least 4 members (excludes halogenated alkanes) is 1. The van der Waals surface area contributed by atoms with Gasteiger partial charge in [0.25, 0.3) is 0 Å². The Morgan fingerprint density at radius 3 is 1.26 bits per heavy atom. The Kier molecular flexibility index (Phi) is 21.4. The van der Waals surface area contributed by atoms with Crippen LogP contribution in [0.4, 0.5) is 0 Å². The van der Waals surface area contributed by atoms with Crippen molar-refractivity contribution >= 4 is 5.91 Å². The Hall–Kier alpha value is -1.61. The highest BCUT2D eigenvalue weighted by atomic mass is 16.8. The van der Waals surface area contributed by atoms with Crippen molar-refractivity contribution in [3.63, 3.8) is 0 Å². The number of nitrogens with one attached hydrogen (secondary N) is 1. The van der Waals surface area contributed by atoms with Gasteiger partial charge in [0.15, 0.2) is 31.5 Å². The standard InChI is InChI=1S/C37H66N2O27/c38-4-2-1-3-17(45)39-5-6-57-33-27(55)29(21(49)15(10-43)58-33)63-35-28(56)30(22(50)16(11-44)60-35)64-36-32(25(53)20(48)13(8-41)61-36)66-37-31(24(52)19(47)14(9-42)62-37)65-34-26(54)23(51)18(46)12(7-40)59-34/h12-16,18-37,40-44,46-56H,1-11,38H2,(H,39,45)/t12?,13?,14?,15?,16?,18-,19-,20-,21-,22-,23+,24+,25+,26?,27?,28?,29+,30+,31?,32?,33+,34-,35-,36-,37-/m1/s1. The number of rotatable bonds is 21. The van der Waals surface area contributed by atoms with Crippen molar-refractivity contribution in [3.05, 3.63) is 0 Å². The van der Waals surface area contributed by atoms with Crippen molar-refractivity contribution in [3.8, 4) is 0 Å². The SMILES string of the molecule is NCCCCC(=O)NCCO[C@H]1OC(CO)[C@@H](O)[C@H](O[C@H]2OC(CO)[C@@H](O)[C@H](O[C@H]3OC(CO)[C@@H](O)[C@H](O)C3O[C@H]3OC(CO)[C@@H](O)[C@H](O)C3O[C@H]3OC(CO)[C@@H](O)[C@H](O)C3O)C2O)C1O. The van der Waals surface area contributed by atoms with Gasteiger partial charge >= 0.3 is 0 Å². The fourth-order valence-corrected chi connectivity index (χ4v) is 7.98. The molecule has 29 heteroatoms. The summed E-state index contributed by atoms with van der Waals surface area (Å²) in [6, 6.07) is 0. The molecule has 0 radical (unpaired) electrons. The molecule has 0 aromatic rings. The van der Waals surface area contributed by atoms with Gasteiger partial charge in [-0.3, -0.25) is 4.79 Å². The minimum absolute atomic E-state index is 0.0361. The summed E-state index contributed by atoms with van der Waals surface area (Å²) in [6.45, 7) is -4.51. The van der Waals surface area contributed by atoms with Gasteiger partial charge in [0.05, 0.1) is 39.6 Å². The first-order valence-corrected chi connectivity index (χ1v) is 21.5. The third kappa shape index (κ3) is 12.6. The third-order valence-electron chi connectivity index (χ3n) is 11.9. The van der Waals surface area contributed by atoms with Crippen LogP contribution in [0, 0.1) is 0 Å². The van der Waals surface area contributed by atoms with E-state index in [1.807, 2.05) is 0 Å². The second kappa shape index (κ2) is 25.5. The molecule has 66 heavy (non-hydrogen) atoms. The van der Waals surface area contributed by atoms with Crippen molar-refractivity contribution < 1.29 is 134 Å². The van der Waals surface area contributed by atoms with Gasteiger partial charge in [-0.1, -0.05) is 0 Å². The maximum atomic E-state index is 12.1.